The molecule has 0 radical (unpaired) electrons. The first-order valence-electron chi connectivity index (χ1n) is 12.2. The Morgan fingerprint density at radius 3 is 2.61 bits per heavy atom. The van der Waals surface area contributed by atoms with E-state index in [1.807, 2.05) is 24.3 Å². The Labute approximate surface area is 226 Å². The van der Waals surface area contributed by atoms with E-state index in [2.05, 4.69) is 73.4 Å². The summed E-state index contributed by atoms with van der Waals surface area (Å²) in [5.74, 6) is 0.758. The van der Waals surface area contributed by atoms with Gasteiger partial charge in [0.1, 0.15) is 11.0 Å². The average Bonchev–Trinajstić information content (AvgIpc) is 3.27. The highest BCUT2D eigenvalue weighted by Crippen LogP contribution is 2.27. The molecule has 2 aromatic carbocycles. The van der Waals surface area contributed by atoms with Gasteiger partial charge in [-0.05, 0) is 85.9 Å². The molecule has 1 aliphatic heterocycles. The maximum atomic E-state index is 6.33. The largest absolute Gasteiger partial charge is 0.369 e. The number of nitrogens with one attached hydrogen (secondary N) is 3. The van der Waals surface area contributed by atoms with E-state index in [0.717, 1.165) is 78.2 Å². The normalized spacial score (nSPS) is 14.5. The molecule has 0 unspecified atom stereocenters. The number of benzene rings is 2. The van der Waals surface area contributed by atoms with Crippen molar-refractivity contribution in [3.63, 3.8) is 0 Å². The number of halogens is 2. The van der Waals surface area contributed by atoms with E-state index in [1.54, 1.807) is 11.9 Å². The first-order valence-corrected chi connectivity index (χ1v) is 13.7. The second kappa shape index (κ2) is 11.8. The summed E-state index contributed by atoms with van der Waals surface area (Å²) < 4.78 is 3.47. The topological polar surface area (TPSA) is 59.2 Å². The molecular weight excluding hydrogens is 511 g/mol. The Kier molecular flexibility index (Phi) is 8.24. The van der Waals surface area contributed by atoms with Gasteiger partial charge in [-0.2, -0.15) is 0 Å². The molecule has 1 saturated heterocycles. The van der Waals surface area contributed by atoms with E-state index in [-0.39, 0.29) is 0 Å². The molecule has 3 N–H and O–H groups in total. The first-order chi connectivity index (χ1) is 17.5. The zero-order chi connectivity index (χ0) is 24.9. The zero-order valence-electron chi connectivity index (χ0n) is 20.2. The number of pyridine rings is 1. The van der Waals surface area contributed by atoms with Gasteiger partial charge in [0.2, 0.25) is 0 Å². The number of aromatic amines is 1. The molecule has 6 nitrogen and oxygen atoms in total. The number of nitrogens with zero attached hydrogens (tertiary/aromatic N) is 3. The molecule has 2 aromatic heterocycles. The summed E-state index contributed by atoms with van der Waals surface area (Å²) in [6, 6.07) is 18.3. The van der Waals surface area contributed by atoms with Crippen molar-refractivity contribution in [1.82, 2.24) is 19.6 Å². The molecule has 4 aromatic rings. The lowest BCUT2D eigenvalue weighted by Gasteiger charge is -2.34. The molecular formula is C27H30Cl2N6S. The van der Waals surface area contributed by atoms with Crippen LogP contribution in [0.5, 0.6) is 0 Å². The maximum Gasteiger partial charge on any atom is 0.134 e. The molecule has 0 aliphatic carbocycles. The molecule has 0 atom stereocenters. The molecule has 0 spiro atoms. The Bertz CT molecular complexity index is 1300. The number of hydrogen-bond acceptors (Lipinski definition) is 6. The van der Waals surface area contributed by atoms with Crippen LogP contribution in [0, 0.1) is 0 Å². The fraction of sp³-hybridized carbons (Fsp3) is 0.296. The summed E-state index contributed by atoms with van der Waals surface area (Å²) in [5.41, 5.74) is 4.53. The van der Waals surface area contributed by atoms with Crippen molar-refractivity contribution in [2.75, 3.05) is 50.0 Å². The van der Waals surface area contributed by atoms with Gasteiger partial charge in [-0.15, -0.1) is 0 Å². The summed E-state index contributed by atoms with van der Waals surface area (Å²) in [6.45, 7) is 5.00. The minimum atomic E-state index is 0.501. The molecule has 0 amide bonds. The van der Waals surface area contributed by atoms with Crippen LogP contribution in [0.15, 0.2) is 65.7 Å². The fourth-order valence-corrected chi connectivity index (χ4v) is 5.45. The van der Waals surface area contributed by atoms with Crippen molar-refractivity contribution >= 4 is 63.2 Å². The molecule has 5 rings (SSSR count). The summed E-state index contributed by atoms with van der Waals surface area (Å²) in [4.78, 5) is 13.7. The van der Waals surface area contributed by atoms with E-state index in [9.17, 15) is 0 Å². The van der Waals surface area contributed by atoms with Crippen LogP contribution in [0.3, 0.4) is 0 Å². The Hall–Kier alpha value is -2.42. The quantitative estimate of drug-likeness (QED) is 0.126. The molecule has 3 heterocycles. The monoisotopic (exact) mass is 540 g/mol. The van der Waals surface area contributed by atoms with E-state index in [0.29, 0.717) is 5.15 Å². The minimum absolute atomic E-state index is 0.501. The van der Waals surface area contributed by atoms with E-state index < -0.39 is 0 Å². The van der Waals surface area contributed by atoms with Crippen molar-refractivity contribution in [2.45, 2.75) is 17.7 Å². The van der Waals surface area contributed by atoms with Gasteiger partial charge in [0.05, 0.1) is 0 Å². The van der Waals surface area contributed by atoms with Crippen molar-refractivity contribution in [2.24, 2.45) is 0 Å². The van der Waals surface area contributed by atoms with Gasteiger partial charge >= 0.3 is 0 Å². The van der Waals surface area contributed by atoms with E-state index in [1.165, 1.54) is 10.9 Å². The van der Waals surface area contributed by atoms with Gasteiger partial charge < -0.3 is 20.1 Å². The average molecular weight is 542 g/mol. The molecule has 36 heavy (non-hydrogen) atoms. The summed E-state index contributed by atoms with van der Waals surface area (Å²) in [6.07, 6.45) is 4.13. The lowest BCUT2D eigenvalue weighted by molar-refractivity contribution is 0.313. The molecule has 1 fully saturated rings. The van der Waals surface area contributed by atoms with Gasteiger partial charge in [-0.1, -0.05) is 23.2 Å². The Morgan fingerprint density at radius 2 is 1.81 bits per heavy atom. The molecule has 0 saturated carbocycles. The number of aromatic nitrogens is 2. The van der Waals surface area contributed by atoms with Crippen LogP contribution in [-0.2, 0) is 6.42 Å². The summed E-state index contributed by atoms with van der Waals surface area (Å²) >= 11 is 14.1. The standard InChI is InChI=1S/C27H30Cl2N6S/c1-34-11-13-35(14-12-34)22-16-26(29)33-27(17-22)32-21-5-7-23(8-6-21)36-31-10-2-3-19-18-30-25-9-4-20(28)15-24(19)25/h4-9,15-18,30-31H,2-3,10-14H2,1H3,(H,32,33). The van der Waals surface area contributed by atoms with Crippen LogP contribution in [0.25, 0.3) is 10.9 Å². The number of H-pyrrole nitrogens is 1. The van der Waals surface area contributed by atoms with Gasteiger partial charge in [0.25, 0.3) is 0 Å². The van der Waals surface area contributed by atoms with Crippen LogP contribution in [0.1, 0.15) is 12.0 Å². The van der Waals surface area contributed by atoms with Crippen LogP contribution in [0.2, 0.25) is 10.2 Å². The second-order valence-corrected chi connectivity index (χ2v) is 10.9. The Balaban J connectivity index is 1.10. The molecule has 1 aliphatic rings. The smallest absolute Gasteiger partial charge is 0.134 e. The number of rotatable bonds is 9. The number of aryl methyl sites for hydroxylation is 1. The first kappa shape index (κ1) is 25.2. The molecule has 188 valence electrons. The van der Waals surface area contributed by atoms with Gasteiger partial charge in [-0.25, -0.2) is 4.98 Å². The SMILES string of the molecule is CN1CCN(c2cc(Cl)nc(Nc3ccc(SNCCCc4c[nH]c5ccc(Cl)cc45)cc3)c2)CC1. The van der Waals surface area contributed by atoms with Crippen LogP contribution in [-0.4, -0.2) is 54.6 Å². The number of likely N-dealkylation sites (N-methyl/N-ethyl adjacent to an activating group) is 1. The van der Waals surface area contributed by atoms with Crippen LogP contribution < -0.4 is 14.9 Å². The highest BCUT2D eigenvalue weighted by Gasteiger charge is 2.16. The summed E-state index contributed by atoms with van der Waals surface area (Å²) in [7, 11) is 2.16. The lowest BCUT2D eigenvalue weighted by Crippen LogP contribution is -2.44. The number of fused-ring (bicyclic) bond motifs is 1. The van der Waals surface area contributed by atoms with Gasteiger partial charge in [0.15, 0.2) is 0 Å². The Morgan fingerprint density at radius 1 is 1.00 bits per heavy atom. The lowest BCUT2D eigenvalue weighted by atomic mass is 10.1. The van der Waals surface area contributed by atoms with Gasteiger partial charge in [-0.3, -0.25) is 4.72 Å². The molecule has 0 bridgehead atoms. The maximum absolute atomic E-state index is 6.33. The van der Waals surface area contributed by atoms with Gasteiger partial charge in [0, 0.05) is 77.2 Å². The number of hydrogen-bond donors (Lipinski definition) is 3. The third-order valence-corrected chi connectivity index (χ3v) is 7.70. The third kappa shape index (κ3) is 6.47. The predicted octanol–water partition coefficient (Wildman–Crippen LogP) is 6.59. The second-order valence-electron chi connectivity index (χ2n) is 9.08. The predicted molar refractivity (Wildman–Crippen MR) is 154 cm³/mol. The molecule has 9 heteroatoms. The number of piperazine rings is 1. The summed E-state index contributed by atoms with van der Waals surface area (Å²) in [5, 5.41) is 5.88. The highest BCUT2D eigenvalue weighted by atomic mass is 35.5. The third-order valence-electron chi connectivity index (χ3n) is 6.42. The fourth-order valence-electron chi connectivity index (χ4n) is 4.39. The van der Waals surface area contributed by atoms with Crippen LogP contribution in [0.4, 0.5) is 17.2 Å². The van der Waals surface area contributed by atoms with Crippen LogP contribution >= 0.6 is 35.1 Å². The van der Waals surface area contributed by atoms with Crippen molar-refractivity contribution in [3.8, 4) is 0 Å². The van der Waals surface area contributed by atoms with E-state index >= 15 is 0 Å². The number of anilines is 3. The van der Waals surface area contributed by atoms with Crippen molar-refractivity contribution < 1.29 is 0 Å². The highest BCUT2D eigenvalue weighted by molar-refractivity contribution is 7.97. The van der Waals surface area contributed by atoms with Crippen molar-refractivity contribution in [1.29, 1.82) is 0 Å². The van der Waals surface area contributed by atoms with E-state index in [4.69, 9.17) is 23.2 Å². The van der Waals surface area contributed by atoms with Crippen molar-refractivity contribution in [3.05, 3.63) is 76.5 Å². The minimum Gasteiger partial charge on any atom is -0.369 e. The zero-order valence-corrected chi connectivity index (χ0v) is 22.6.